The van der Waals surface area contributed by atoms with Crippen LogP contribution in [0.4, 0.5) is 0 Å². The van der Waals surface area contributed by atoms with E-state index < -0.39 is 0 Å². The molecule has 14 heavy (non-hydrogen) atoms. The zero-order valence-corrected chi connectivity index (χ0v) is 8.98. The van der Waals surface area contributed by atoms with Crippen LogP contribution in [-0.2, 0) is 4.79 Å². The predicted molar refractivity (Wildman–Crippen MR) is 56.1 cm³/mol. The molecule has 0 aromatic heterocycles. The molecule has 0 unspecified atom stereocenters. The largest absolute Gasteiger partial charge is 0.371 e. The summed E-state index contributed by atoms with van der Waals surface area (Å²) in [6.07, 6.45) is 1.44. The van der Waals surface area contributed by atoms with Crippen LogP contribution in [0.1, 0.15) is 26.7 Å². The number of carbonyl (C=O) groups excluding carboxylic acids is 1. The van der Waals surface area contributed by atoms with E-state index in [0.29, 0.717) is 12.1 Å². The van der Waals surface area contributed by atoms with Crippen LogP contribution >= 0.6 is 0 Å². The Morgan fingerprint density at radius 1 is 1.50 bits per heavy atom. The van der Waals surface area contributed by atoms with Crippen molar-refractivity contribution in [2.75, 3.05) is 13.6 Å². The van der Waals surface area contributed by atoms with Crippen molar-refractivity contribution in [3.63, 3.8) is 0 Å². The number of hydrogen-bond acceptors (Lipinski definition) is 3. The van der Waals surface area contributed by atoms with Gasteiger partial charge in [-0.05, 0) is 20.3 Å². The van der Waals surface area contributed by atoms with Crippen molar-refractivity contribution in [3.05, 3.63) is 11.4 Å². The molecule has 1 rings (SSSR count). The first-order chi connectivity index (χ1) is 6.54. The maximum Gasteiger partial charge on any atom is 0.227 e. The summed E-state index contributed by atoms with van der Waals surface area (Å²) < 4.78 is 0. The van der Waals surface area contributed by atoms with E-state index in [1.165, 1.54) is 0 Å². The Balaban J connectivity index is 3.00. The fourth-order valence-electron chi connectivity index (χ4n) is 1.42. The van der Waals surface area contributed by atoms with Gasteiger partial charge >= 0.3 is 0 Å². The van der Waals surface area contributed by atoms with Crippen LogP contribution in [0.25, 0.3) is 0 Å². The van der Waals surface area contributed by atoms with Crippen LogP contribution in [0.15, 0.2) is 11.4 Å². The molecule has 0 aromatic rings. The normalized spacial score (nSPS) is 21.4. The van der Waals surface area contributed by atoms with Crippen molar-refractivity contribution in [1.82, 2.24) is 10.2 Å². The highest BCUT2D eigenvalue weighted by atomic mass is 16.2. The molecule has 4 nitrogen and oxygen atoms in total. The first-order valence-corrected chi connectivity index (χ1v) is 4.81. The van der Waals surface area contributed by atoms with Gasteiger partial charge in [-0.25, -0.2) is 0 Å². The smallest absolute Gasteiger partial charge is 0.227 e. The van der Waals surface area contributed by atoms with Crippen LogP contribution in [-0.4, -0.2) is 30.1 Å². The molecule has 78 valence electrons. The molecule has 2 N–H and O–H groups in total. The van der Waals surface area contributed by atoms with E-state index in [2.05, 4.69) is 5.32 Å². The number of nitrogens with one attached hydrogen (secondary N) is 2. The molecule has 1 aliphatic heterocycles. The van der Waals surface area contributed by atoms with Gasteiger partial charge in [0.15, 0.2) is 0 Å². The van der Waals surface area contributed by atoms with Crippen LogP contribution in [0, 0.1) is 5.41 Å². The van der Waals surface area contributed by atoms with Crippen LogP contribution in [0.5, 0.6) is 0 Å². The highest BCUT2D eigenvalue weighted by molar-refractivity contribution is 5.96. The monoisotopic (exact) mass is 195 g/mol. The number of rotatable bonds is 1. The Morgan fingerprint density at radius 2 is 2.14 bits per heavy atom. The maximum absolute atomic E-state index is 11.5. The second-order valence-electron chi connectivity index (χ2n) is 3.58. The van der Waals surface area contributed by atoms with Crippen molar-refractivity contribution < 1.29 is 4.79 Å². The molecule has 0 aromatic carbocycles. The summed E-state index contributed by atoms with van der Waals surface area (Å²) in [5, 5.41) is 10.7. The van der Waals surface area contributed by atoms with E-state index in [9.17, 15) is 4.79 Å². The lowest BCUT2D eigenvalue weighted by molar-refractivity contribution is -0.127. The first-order valence-electron chi connectivity index (χ1n) is 4.81. The molecule has 0 saturated carbocycles. The summed E-state index contributed by atoms with van der Waals surface area (Å²) in [5.41, 5.74) is 1.33. The maximum atomic E-state index is 11.5. The van der Waals surface area contributed by atoms with E-state index in [4.69, 9.17) is 5.41 Å². The van der Waals surface area contributed by atoms with Gasteiger partial charge in [-0.2, -0.15) is 0 Å². The fraction of sp³-hybridized carbons (Fsp3) is 0.600. The fourth-order valence-corrected chi connectivity index (χ4v) is 1.42. The molecule has 1 amide bonds. The number of hydrogen-bond donors (Lipinski definition) is 2. The second kappa shape index (κ2) is 4.26. The molecular weight excluding hydrogens is 178 g/mol. The summed E-state index contributed by atoms with van der Waals surface area (Å²) in [7, 11) is 1.75. The lowest BCUT2D eigenvalue weighted by Crippen LogP contribution is -2.32. The van der Waals surface area contributed by atoms with Gasteiger partial charge in [0.25, 0.3) is 0 Å². The van der Waals surface area contributed by atoms with E-state index >= 15 is 0 Å². The zero-order chi connectivity index (χ0) is 10.7. The molecule has 4 heteroatoms. The summed E-state index contributed by atoms with van der Waals surface area (Å²) >= 11 is 0. The van der Waals surface area contributed by atoms with Gasteiger partial charge in [0, 0.05) is 31.3 Å². The minimum Gasteiger partial charge on any atom is -0.371 e. The zero-order valence-electron chi connectivity index (χ0n) is 8.98. The van der Waals surface area contributed by atoms with Crippen molar-refractivity contribution in [3.8, 4) is 0 Å². The third-order valence-electron chi connectivity index (χ3n) is 2.49. The Bertz CT molecular complexity index is 294. The molecule has 1 heterocycles. The average Bonchev–Trinajstić information content (AvgIpc) is 2.29. The van der Waals surface area contributed by atoms with Gasteiger partial charge in [0.2, 0.25) is 5.91 Å². The summed E-state index contributed by atoms with van der Waals surface area (Å²) in [5.74, 6) is 0.894. The summed E-state index contributed by atoms with van der Waals surface area (Å²) in [4.78, 5) is 13.1. The van der Waals surface area contributed by atoms with Gasteiger partial charge in [-0.1, -0.05) is 0 Å². The second-order valence-corrected chi connectivity index (χ2v) is 3.58. The van der Waals surface area contributed by atoms with Gasteiger partial charge < -0.3 is 15.6 Å². The molecule has 1 fully saturated rings. The Morgan fingerprint density at radius 3 is 2.71 bits per heavy atom. The van der Waals surface area contributed by atoms with Crippen LogP contribution in [0.2, 0.25) is 0 Å². The Labute approximate surface area is 84.5 Å². The first kappa shape index (κ1) is 10.8. The van der Waals surface area contributed by atoms with Crippen molar-refractivity contribution in [1.29, 1.82) is 5.41 Å². The van der Waals surface area contributed by atoms with Crippen molar-refractivity contribution in [2.24, 2.45) is 0 Å². The molecule has 0 radical (unpaired) electrons. The van der Waals surface area contributed by atoms with E-state index in [-0.39, 0.29) is 5.91 Å². The van der Waals surface area contributed by atoms with Gasteiger partial charge in [0.1, 0.15) is 5.82 Å². The lowest BCUT2D eigenvalue weighted by Gasteiger charge is -2.21. The summed E-state index contributed by atoms with van der Waals surface area (Å²) in [6.45, 7) is 4.39. The van der Waals surface area contributed by atoms with Gasteiger partial charge in [-0.3, -0.25) is 4.79 Å². The minimum absolute atomic E-state index is 0.116. The van der Waals surface area contributed by atoms with E-state index in [1.807, 2.05) is 6.92 Å². The standard InChI is InChI=1S/C10H17N3O/c1-7(8(2)11)10-12-6-4-5-9(14)13(10)3/h11-12H,4-6H2,1-3H3/b10-7+,11-8?. The topological polar surface area (TPSA) is 56.2 Å². The van der Waals surface area contributed by atoms with Gasteiger partial charge in [-0.15, -0.1) is 0 Å². The molecule has 0 aliphatic carbocycles. The highest BCUT2D eigenvalue weighted by Crippen LogP contribution is 2.12. The molecule has 0 spiro atoms. The summed E-state index contributed by atoms with van der Waals surface area (Å²) in [6, 6.07) is 0. The number of amides is 1. The van der Waals surface area contributed by atoms with E-state index in [1.54, 1.807) is 18.9 Å². The lowest BCUT2D eigenvalue weighted by atomic mass is 10.2. The number of allylic oxidation sites excluding steroid dienone is 1. The SMILES string of the molecule is CC(=N)/C(C)=C1\NCCCC(=O)N1C. The van der Waals surface area contributed by atoms with Gasteiger partial charge in [0.05, 0.1) is 0 Å². The molecule has 1 aliphatic rings. The van der Waals surface area contributed by atoms with Crippen LogP contribution < -0.4 is 5.32 Å². The number of nitrogens with zero attached hydrogens (tertiary/aromatic N) is 1. The Hall–Kier alpha value is -1.32. The average molecular weight is 195 g/mol. The van der Waals surface area contributed by atoms with Crippen molar-refractivity contribution in [2.45, 2.75) is 26.7 Å². The molecule has 0 bridgehead atoms. The minimum atomic E-state index is 0.116. The molecule has 0 atom stereocenters. The van der Waals surface area contributed by atoms with Crippen molar-refractivity contribution >= 4 is 11.6 Å². The quantitative estimate of drug-likeness (QED) is 0.615. The predicted octanol–water partition coefficient (Wildman–Crippen LogP) is 1.10. The number of carbonyl (C=O) groups is 1. The Kier molecular flexibility index (Phi) is 3.28. The third-order valence-corrected chi connectivity index (χ3v) is 2.49. The van der Waals surface area contributed by atoms with E-state index in [0.717, 1.165) is 24.4 Å². The highest BCUT2D eigenvalue weighted by Gasteiger charge is 2.19. The molecule has 1 saturated heterocycles. The van der Waals surface area contributed by atoms with Crippen LogP contribution in [0.3, 0.4) is 0 Å². The molecular formula is C10H17N3O. The third kappa shape index (κ3) is 2.13.